The van der Waals surface area contributed by atoms with Crippen molar-refractivity contribution >= 4 is 110 Å². The minimum Gasteiger partial charge on any atom is -0.310 e. The summed E-state index contributed by atoms with van der Waals surface area (Å²) in [4.78, 5) is 4.84. The molecule has 13 aromatic rings. The molecule has 0 aliphatic carbocycles. The lowest BCUT2D eigenvalue weighted by Gasteiger charge is -2.26. The van der Waals surface area contributed by atoms with Crippen molar-refractivity contribution in [2.45, 2.75) is 13.8 Å². The predicted molar refractivity (Wildman–Crippen MR) is 255 cm³/mol. The van der Waals surface area contributed by atoms with Gasteiger partial charge in [0.25, 0.3) is 0 Å². The quantitative estimate of drug-likeness (QED) is 0.167. The molecule has 4 heterocycles. The summed E-state index contributed by atoms with van der Waals surface area (Å²) in [5, 5.41) is 10.1. The third-order valence-electron chi connectivity index (χ3n) is 12.9. The maximum Gasteiger partial charge on any atom is 0.0641 e. The smallest absolute Gasteiger partial charge is 0.0641 e. The lowest BCUT2D eigenvalue weighted by molar-refractivity contribution is 1.29. The van der Waals surface area contributed by atoms with Crippen LogP contribution in [0.4, 0.5) is 34.1 Å². The van der Waals surface area contributed by atoms with Crippen LogP contribution in [-0.4, -0.2) is 8.80 Å². The first-order valence-corrected chi connectivity index (χ1v) is 20.8. The van der Waals surface area contributed by atoms with Gasteiger partial charge in [-0.05, 0) is 98.8 Å². The number of rotatable bonds is 6. The van der Waals surface area contributed by atoms with E-state index in [1.165, 1.54) is 98.7 Å². The highest BCUT2D eigenvalue weighted by Gasteiger charge is 2.27. The predicted octanol–water partition coefficient (Wildman–Crippen LogP) is 15.5. The minimum absolute atomic E-state index is 1.13. The number of para-hydroxylation sites is 4. The summed E-state index contributed by atoms with van der Waals surface area (Å²) in [6.07, 6.45) is 0. The van der Waals surface area contributed by atoms with E-state index in [1.54, 1.807) is 0 Å². The lowest BCUT2D eigenvalue weighted by atomic mass is 10.0. The number of benzene rings is 9. The van der Waals surface area contributed by atoms with Gasteiger partial charge in [0.1, 0.15) is 0 Å². The standard InChI is InChI=1S/C56H38N4/c1-35-21-25-39(26-22-35)57(37-13-5-3-6-14-37)49-31-29-41-45-33-52-46(34-51(45)59-47-19-11-9-17-43(47)53(49)55(41)59)42-30-32-50(54-44-18-10-12-20-48(44)60(52)56(42)54)58(38-15-7-4-8-16-38)40-27-23-36(2)24-28-40/h3-34H,1-2H3. The molecule has 4 aromatic heterocycles. The lowest BCUT2D eigenvalue weighted by Crippen LogP contribution is -2.10. The molecule has 0 fully saturated rings. The molecule has 0 N–H and O–H groups in total. The molecule has 0 spiro atoms. The Morgan fingerprint density at radius 1 is 0.300 bits per heavy atom. The van der Waals surface area contributed by atoms with E-state index in [0.29, 0.717) is 0 Å². The Hall–Kier alpha value is -7.82. The van der Waals surface area contributed by atoms with Gasteiger partial charge in [-0.15, -0.1) is 0 Å². The Morgan fingerprint density at radius 3 is 1.08 bits per heavy atom. The summed E-state index contributed by atoms with van der Waals surface area (Å²) in [5.41, 5.74) is 16.8. The van der Waals surface area contributed by atoms with Crippen molar-refractivity contribution in [2.24, 2.45) is 0 Å². The van der Waals surface area contributed by atoms with Crippen LogP contribution in [0.2, 0.25) is 0 Å². The van der Waals surface area contributed by atoms with Gasteiger partial charge >= 0.3 is 0 Å². The third kappa shape index (κ3) is 4.50. The molecular formula is C56H38N4. The van der Waals surface area contributed by atoms with Crippen molar-refractivity contribution in [1.82, 2.24) is 8.80 Å². The topological polar surface area (TPSA) is 15.3 Å². The summed E-state index contributed by atoms with van der Waals surface area (Å²) in [6, 6.07) is 71.6. The molecule has 0 amide bonds. The van der Waals surface area contributed by atoms with Gasteiger partial charge in [0.05, 0.1) is 44.5 Å². The second kappa shape index (κ2) is 12.3. The summed E-state index contributed by atoms with van der Waals surface area (Å²) in [7, 11) is 0. The second-order valence-electron chi connectivity index (χ2n) is 16.3. The van der Waals surface area contributed by atoms with E-state index in [-0.39, 0.29) is 0 Å². The molecule has 282 valence electrons. The molecule has 0 saturated heterocycles. The normalized spacial score (nSPS) is 12.2. The Bertz CT molecular complexity index is 3520. The number of fused-ring (bicyclic) bond motifs is 12. The molecule has 0 aliphatic heterocycles. The van der Waals surface area contributed by atoms with E-state index >= 15 is 0 Å². The summed E-state index contributed by atoms with van der Waals surface area (Å²) in [5.74, 6) is 0. The molecule has 0 saturated carbocycles. The first-order valence-electron chi connectivity index (χ1n) is 20.8. The average molecular weight is 767 g/mol. The second-order valence-corrected chi connectivity index (χ2v) is 16.3. The fourth-order valence-corrected chi connectivity index (χ4v) is 10.2. The van der Waals surface area contributed by atoms with Crippen molar-refractivity contribution in [3.8, 4) is 0 Å². The fraction of sp³-hybridized carbons (Fsp3) is 0.0357. The molecule has 60 heavy (non-hydrogen) atoms. The molecule has 0 atom stereocenters. The van der Waals surface area contributed by atoms with Crippen LogP contribution < -0.4 is 9.80 Å². The van der Waals surface area contributed by atoms with Gasteiger partial charge in [-0.1, -0.05) is 120 Å². The van der Waals surface area contributed by atoms with Crippen molar-refractivity contribution in [1.29, 1.82) is 0 Å². The van der Waals surface area contributed by atoms with Gasteiger partial charge in [0.15, 0.2) is 0 Å². The van der Waals surface area contributed by atoms with E-state index < -0.39 is 0 Å². The summed E-state index contributed by atoms with van der Waals surface area (Å²) in [6.45, 7) is 4.30. The average Bonchev–Trinajstić information content (AvgIpc) is 4.02. The minimum atomic E-state index is 1.13. The Kier molecular flexibility index (Phi) is 6.83. The van der Waals surface area contributed by atoms with E-state index in [4.69, 9.17) is 0 Å². The number of nitrogens with zero attached hydrogens (tertiary/aromatic N) is 4. The van der Waals surface area contributed by atoms with Crippen molar-refractivity contribution < 1.29 is 0 Å². The molecule has 0 unspecified atom stereocenters. The van der Waals surface area contributed by atoms with Crippen LogP contribution in [0.5, 0.6) is 0 Å². The fourth-order valence-electron chi connectivity index (χ4n) is 10.2. The van der Waals surface area contributed by atoms with E-state index in [0.717, 1.165) is 22.7 Å². The maximum absolute atomic E-state index is 2.53. The highest BCUT2D eigenvalue weighted by Crippen LogP contribution is 2.51. The van der Waals surface area contributed by atoms with Crippen LogP contribution in [0.1, 0.15) is 11.1 Å². The first-order chi connectivity index (χ1) is 29.6. The number of aryl methyl sites for hydroxylation is 2. The van der Waals surface area contributed by atoms with Gasteiger partial charge in [0.2, 0.25) is 0 Å². The van der Waals surface area contributed by atoms with Crippen molar-refractivity contribution in [3.63, 3.8) is 0 Å². The van der Waals surface area contributed by atoms with Gasteiger partial charge in [-0.25, -0.2) is 0 Å². The zero-order valence-electron chi connectivity index (χ0n) is 33.3. The van der Waals surface area contributed by atoms with E-state index in [9.17, 15) is 0 Å². The number of anilines is 6. The summed E-state index contributed by atoms with van der Waals surface area (Å²) < 4.78 is 5.06. The zero-order valence-corrected chi connectivity index (χ0v) is 33.3. The molecule has 4 heteroatoms. The van der Waals surface area contributed by atoms with Crippen LogP contribution in [-0.2, 0) is 0 Å². The first kappa shape index (κ1) is 33.2. The van der Waals surface area contributed by atoms with E-state index in [2.05, 4.69) is 227 Å². The molecule has 0 bridgehead atoms. The number of aromatic nitrogens is 2. The Balaban J connectivity index is 1.13. The molecule has 0 radical (unpaired) electrons. The van der Waals surface area contributed by atoms with E-state index in [1.807, 2.05) is 0 Å². The number of hydrogen-bond acceptors (Lipinski definition) is 2. The molecule has 0 aliphatic rings. The zero-order chi connectivity index (χ0) is 39.6. The van der Waals surface area contributed by atoms with Gasteiger partial charge < -0.3 is 18.6 Å². The third-order valence-corrected chi connectivity index (χ3v) is 12.9. The van der Waals surface area contributed by atoms with Crippen molar-refractivity contribution in [3.05, 3.63) is 205 Å². The monoisotopic (exact) mass is 766 g/mol. The molecule has 9 aromatic carbocycles. The van der Waals surface area contributed by atoms with Crippen LogP contribution in [0, 0.1) is 13.8 Å². The van der Waals surface area contributed by atoms with Crippen LogP contribution in [0.3, 0.4) is 0 Å². The number of hydrogen-bond donors (Lipinski definition) is 0. The molecule has 13 rings (SSSR count). The Morgan fingerprint density at radius 2 is 0.667 bits per heavy atom. The maximum atomic E-state index is 2.53. The largest absolute Gasteiger partial charge is 0.310 e. The summed E-state index contributed by atoms with van der Waals surface area (Å²) >= 11 is 0. The van der Waals surface area contributed by atoms with Crippen molar-refractivity contribution in [2.75, 3.05) is 9.80 Å². The highest BCUT2D eigenvalue weighted by atomic mass is 15.2. The van der Waals surface area contributed by atoms with Gasteiger partial charge in [0, 0.05) is 65.8 Å². The highest BCUT2D eigenvalue weighted by molar-refractivity contribution is 6.32. The molecule has 4 nitrogen and oxygen atoms in total. The van der Waals surface area contributed by atoms with Gasteiger partial charge in [-0.2, -0.15) is 0 Å². The van der Waals surface area contributed by atoms with Crippen LogP contribution in [0.15, 0.2) is 194 Å². The Labute approximate surface area is 346 Å². The van der Waals surface area contributed by atoms with Crippen LogP contribution >= 0.6 is 0 Å². The van der Waals surface area contributed by atoms with Crippen LogP contribution in [0.25, 0.3) is 76.2 Å². The SMILES string of the molecule is Cc1ccc(N(c2ccccc2)c2ccc3c4cc5c(cc4n4c6ccccc6c2c34)c2ccc(N(c3ccccc3)c3ccc(C)cc3)c3c4ccccc4n5c23)cc1. The molecular weight excluding hydrogens is 729 g/mol. The van der Waals surface area contributed by atoms with Gasteiger partial charge in [-0.3, -0.25) is 0 Å².